The summed E-state index contributed by atoms with van der Waals surface area (Å²) in [5.74, 6) is 1.35. The fraction of sp³-hybridized carbons (Fsp3) is 0.500. The van der Waals surface area contributed by atoms with Crippen molar-refractivity contribution in [2.45, 2.75) is 58.7 Å². The topological polar surface area (TPSA) is 106 Å². The fourth-order valence-electron chi connectivity index (χ4n) is 4.23. The van der Waals surface area contributed by atoms with Gasteiger partial charge in [0.1, 0.15) is 23.6 Å². The van der Waals surface area contributed by atoms with Gasteiger partial charge in [-0.3, -0.25) is 9.69 Å². The zero-order valence-electron chi connectivity index (χ0n) is 24.0. The van der Waals surface area contributed by atoms with E-state index in [-0.39, 0.29) is 17.5 Å². The predicted octanol–water partition coefficient (Wildman–Crippen LogP) is 5.75. The Hall–Kier alpha value is -3.21. The number of carbonyl (C=O) groups excluding carboxylic acids is 1. The van der Waals surface area contributed by atoms with Crippen LogP contribution in [-0.4, -0.2) is 70.5 Å². The van der Waals surface area contributed by atoms with Gasteiger partial charge in [-0.15, -0.1) is 0 Å². The summed E-state index contributed by atoms with van der Waals surface area (Å²) in [4.78, 5) is 23.0. The highest BCUT2D eigenvalue weighted by Gasteiger charge is 2.23. The molecule has 1 heterocycles. The van der Waals surface area contributed by atoms with Crippen LogP contribution >= 0.6 is 11.6 Å². The first kappa shape index (κ1) is 30.7. The molecule has 4 rings (SSSR count). The highest BCUT2D eigenvalue weighted by Crippen LogP contribution is 2.37. The number of rotatable bonds is 14. The predicted molar refractivity (Wildman–Crippen MR) is 157 cm³/mol. The number of carbonyl (C=O) groups is 1. The van der Waals surface area contributed by atoms with Crippen molar-refractivity contribution in [3.05, 3.63) is 47.5 Å². The van der Waals surface area contributed by atoms with Crippen molar-refractivity contribution in [3.8, 4) is 11.5 Å². The third kappa shape index (κ3) is 9.69. The van der Waals surface area contributed by atoms with E-state index in [1.54, 1.807) is 13.0 Å². The number of anilines is 2. The number of aliphatic hydroxyl groups is 1. The molecule has 2 aromatic carbocycles. The van der Waals surface area contributed by atoms with E-state index >= 15 is 0 Å². The molecule has 2 N–H and O–H groups in total. The Labute approximate surface area is 245 Å². The van der Waals surface area contributed by atoms with E-state index in [0.717, 1.165) is 12.8 Å². The second-order valence-electron chi connectivity index (χ2n) is 11.4. The van der Waals surface area contributed by atoms with Crippen molar-refractivity contribution in [2.24, 2.45) is 5.92 Å². The normalized spacial score (nSPS) is 14.2. The average Bonchev–Trinajstić information content (AvgIpc) is 3.71. The zero-order valence-corrected chi connectivity index (χ0v) is 24.7. The van der Waals surface area contributed by atoms with Gasteiger partial charge in [0.15, 0.2) is 11.5 Å². The van der Waals surface area contributed by atoms with Gasteiger partial charge in [-0.1, -0.05) is 11.6 Å². The standard InChI is InChI=1S/C30H38ClFN4O5/c1-19(37)15-36(16-28(38)41-30(2,3)4)10-5-11-39-26-13-22-25(14-27(26)40-17-20-6-7-20)33-18-34-29(22)35-21-8-9-24(32)23(31)12-21/h8-9,12-14,18-20,37H,5-7,10-11,15-17H2,1-4H3,(H,33,34,35)/t19-/m0/s1. The van der Waals surface area contributed by atoms with Gasteiger partial charge in [0.05, 0.1) is 36.4 Å². The number of hydrogen-bond donors (Lipinski definition) is 2. The van der Waals surface area contributed by atoms with Crippen molar-refractivity contribution in [1.29, 1.82) is 0 Å². The van der Waals surface area contributed by atoms with Gasteiger partial charge >= 0.3 is 5.97 Å². The van der Waals surface area contributed by atoms with Gasteiger partial charge < -0.3 is 24.6 Å². The molecule has 0 amide bonds. The summed E-state index contributed by atoms with van der Waals surface area (Å²) in [6, 6.07) is 8.02. The van der Waals surface area contributed by atoms with E-state index in [9.17, 15) is 14.3 Å². The van der Waals surface area contributed by atoms with Crippen molar-refractivity contribution in [3.63, 3.8) is 0 Å². The van der Waals surface area contributed by atoms with Crippen LogP contribution in [0.3, 0.4) is 0 Å². The quantitative estimate of drug-likeness (QED) is 0.180. The van der Waals surface area contributed by atoms with Gasteiger partial charge in [-0.25, -0.2) is 14.4 Å². The number of aromatic nitrogens is 2. The SMILES string of the molecule is C[C@H](O)CN(CCCOc1cc2c(Nc3ccc(F)c(Cl)c3)ncnc2cc1OCC1CC1)CC(=O)OC(C)(C)C. The van der Waals surface area contributed by atoms with E-state index in [1.807, 2.05) is 37.8 Å². The van der Waals surface area contributed by atoms with Crippen LogP contribution in [0, 0.1) is 11.7 Å². The number of fused-ring (bicyclic) bond motifs is 1. The van der Waals surface area contributed by atoms with Crippen molar-refractivity contribution < 1.29 is 28.5 Å². The maximum Gasteiger partial charge on any atom is 0.320 e. The Morgan fingerprint density at radius 1 is 1.20 bits per heavy atom. The summed E-state index contributed by atoms with van der Waals surface area (Å²) in [6.45, 7) is 9.05. The number of hydrogen-bond acceptors (Lipinski definition) is 9. The number of benzene rings is 2. The lowest BCUT2D eigenvalue weighted by Crippen LogP contribution is -2.39. The molecular weight excluding hydrogens is 551 g/mol. The second-order valence-corrected chi connectivity index (χ2v) is 11.8. The molecule has 0 saturated heterocycles. The molecule has 0 aliphatic heterocycles. The van der Waals surface area contributed by atoms with Crippen LogP contribution in [0.25, 0.3) is 10.9 Å². The highest BCUT2D eigenvalue weighted by atomic mass is 35.5. The highest BCUT2D eigenvalue weighted by molar-refractivity contribution is 6.31. The Morgan fingerprint density at radius 2 is 1.95 bits per heavy atom. The monoisotopic (exact) mass is 588 g/mol. The van der Waals surface area contributed by atoms with Crippen LogP contribution in [0.5, 0.6) is 11.5 Å². The molecule has 1 aliphatic carbocycles. The first-order valence-corrected chi connectivity index (χ1v) is 14.2. The van der Waals surface area contributed by atoms with Crippen LogP contribution < -0.4 is 14.8 Å². The Kier molecular flexibility index (Phi) is 10.2. The third-order valence-corrected chi connectivity index (χ3v) is 6.52. The molecule has 0 radical (unpaired) electrons. The van der Waals surface area contributed by atoms with Crippen LogP contribution in [0.2, 0.25) is 5.02 Å². The molecule has 222 valence electrons. The number of esters is 1. The second kappa shape index (κ2) is 13.6. The number of aliphatic hydroxyl groups excluding tert-OH is 1. The van der Waals surface area contributed by atoms with Crippen molar-refractivity contribution in [1.82, 2.24) is 14.9 Å². The van der Waals surface area contributed by atoms with Crippen LogP contribution in [0.15, 0.2) is 36.7 Å². The van der Waals surface area contributed by atoms with Gasteiger partial charge in [0.2, 0.25) is 0 Å². The number of halogens is 2. The molecule has 1 saturated carbocycles. The molecule has 1 fully saturated rings. The summed E-state index contributed by atoms with van der Waals surface area (Å²) in [5, 5.41) is 13.8. The summed E-state index contributed by atoms with van der Waals surface area (Å²) in [7, 11) is 0. The van der Waals surface area contributed by atoms with Crippen molar-refractivity contribution >= 4 is 40.0 Å². The molecule has 9 nitrogen and oxygen atoms in total. The Bertz CT molecular complexity index is 1350. The van der Waals surface area contributed by atoms with Crippen molar-refractivity contribution in [2.75, 3.05) is 38.2 Å². The Morgan fingerprint density at radius 3 is 2.63 bits per heavy atom. The third-order valence-electron chi connectivity index (χ3n) is 6.23. The van der Waals surface area contributed by atoms with E-state index in [4.69, 9.17) is 25.8 Å². The zero-order chi connectivity index (χ0) is 29.6. The molecule has 1 aromatic heterocycles. The number of nitrogens with one attached hydrogen (secondary N) is 1. The molecule has 0 unspecified atom stereocenters. The first-order valence-electron chi connectivity index (χ1n) is 13.9. The lowest BCUT2D eigenvalue weighted by Gasteiger charge is -2.26. The maximum atomic E-state index is 13.7. The minimum atomic E-state index is -0.594. The van der Waals surface area contributed by atoms with Crippen LogP contribution in [0.4, 0.5) is 15.9 Å². The summed E-state index contributed by atoms with van der Waals surface area (Å²) >= 11 is 5.96. The molecule has 1 atom stereocenters. The number of nitrogens with zero attached hydrogens (tertiary/aromatic N) is 3. The lowest BCUT2D eigenvalue weighted by atomic mass is 10.2. The minimum absolute atomic E-state index is 0.00412. The molecule has 41 heavy (non-hydrogen) atoms. The van der Waals surface area contributed by atoms with E-state index in [2.05, 4.69) is 15.3 Å². The molecule has 1 aliphatic rings. The van der Waals surface area contributed by atoms with E-state index in [0.29, 0.717) is 72.5 Å². The van der Waals surface area contributed by atoms with Gasteiger partial charge in [-0.05, 0) is 77.1 Å². The summed E-state index contributed by atoms with van der Waals surface area (Å²) in [5.41, 5.74) is 0.662. The summed E-state index contributed by atoms with van der Waals surface area (Å²) < 4.78 is 31.4. The average molecular weight is 589 g/mol. The van der Waals surface area contributed by atoms with Gasteiger partial charge in [0, 0.05) is 30.2 Å². The number of ether oxygens (including phenoxy) is 3. The Balaban J connectivity index is 1.48. The lowest BCUT2D eigenvalue weighted by molar-refractivity contribution is -0.156. The molecule has 0 bridgehead atoms. The fourth-order valence-corrected chi connectivity index (χ4v) is 4.41. The smallest absolute Gasteiger partial charge is 0.320 e. The summed E-state index contributed by atoms with van der Waals surface area (Å²) in [6.07, 6.45) is 3.75. The maximum absolute atomic E-state index is 13.7. The van der Waals surface area contributed by atoms with Gasteiger partial charge in [-0.2, -0.15) is 0 Å². The van der Waals surface area contributed by atoms with E-state index in [1.165, 1.54) is 18.5 Å². The molecule has 11 heteroatoms. The van der Waals surface area contributed by atoms with Crippen LogP contribution in [-0.2, 0) is 9.53 Å². The minimum Gasteiger partial charge on any atom is -0.490 e. The first-order chi connectivity index (χ1) is 19.5. The van der Waals surface area contributed by atoms with Gasteiger partial charge in [0.25, 0.3) is 0 Å². The van der Waals surface area contributed by atoms with E-state index < -0.39 is 17.5 Å². The molecule has 0 spiro atoms. The van der Waals surface area contributed by atoms with Crippen LogP contribution in [0.1, 0.15) is 47.0 Å². The largest absolute Gasteiger partial charge is 0.490 e. The molecule has 3 aromatic rings. The molecular formula is C30H38ClFN4O5.